The van der Waals surface area contributed by atoms with Gasteiger partial charge in [0.05, 0.1) is 0 Å². The Balaban J connectivity index is 3.13. The van der Waals surface area contributed by atoms with Gasteiger partial charge in [-0.15, -0.1) is 5.73 Å². The van der Waals surface area contributed by atoms with Gasteiger partial charge in [-0.05, 0) is 18.4 Å². The number of hydrogen-bond acceptors (Lipinski definition) is 0. The van der Waals surface area contributed by atoms with Crippen LogP contribution in [0.5, 0.6) is 0 Å². The zero-order valence-electron chi connectivity index (χ0n) is 8.60. The van der Waals surface area contributed by atoms with E-state index in [9.17, 15) is 0 Å². The second kappa shape index (κ2) is 8.62. The van der Waals surface area contributed by atoms with Crippen LogP contribution in [0.4, 0.5) is 0 Å². The molecule has 0 aromatic carbocycles. The van der Waals surface area contributed by atoms with E-state index in [0.717, 1.165) is 0 Å². The highest BCUT2D eigenvalue weighted by Crippen LogP contribution is 2.11. The molecule has 0 aliphatic carbocycles. The molecule has 12 heavy (non-hydrogen) atoms. The summed E-state index contributed by atoms with van der Waals surface area (Å²) in [6.45, 7) is 8.06. The first-order valence-electron chi connectivity index (χ1n) is 5.17. The van der Waals surface area contributed by atoms with E-state index < -0.39 is 0 Å². The Morgan fingerprint density at radius 2 is 1.92 bits per heavy atom. The average Bonchev–Trinajstić information content (AvgIpc) is 2.05. The van der Waals surface area contributed by atoms with Crippen molar-refractivity contribution in [2.45, 2.75) is 52.4 Å². The van der Waals surface area contributed by atoms with Gasteiger partial charge < -0.3 is 0 Å². The van der Waals surface area contributed by atoms with Crippen molar-refractivity contribution in [2.24, 2.45) is 5.92 Å². The van der Waals surface area contributed by atoms with Crippen LogP contribution >= 0.6 is 0 Å². The first kappa shape index (κ1) is 11.5. The minimum Gasteiger partial charge on any atom is -0.133 e. The van der Waals surface area contributed by atoms with Crippen molar-refractivity contribution in [3.8, 4) is 0 Å². The lowest BCUT2D eigenvalue weighted by molar-refractivity contribution is 0.551. The third-order valence-corrected chi connectivity index (χ3v) is 2.17. The minimum absolute atomic E-state index is 0.670. The van der Waals surface area contributed by atoms with Crippen LogP contribution in [0.1, 0.15) is 52.4 Å². The molecule has 0 aliphatic rings. The Morgan fingerprint density at radius 1 is 1.25 bits per heavy atom. The van der Waals surface area contributed by atoms with E-state index in [4.69, 9.17) is 0 Å². The molecule has 0 aliphatic heterocycles. The maximum absolute atomic E-state index is 3.58. The van der Waals surface area contributed by atoms with Gasteiger partial charge in [0, 0.05) is 0 Å². The molecule has 0 fully saturated rings. The maximum atomic E-state index is 3.58. The molecule has 0 amide bonds. The van der Waals surface area contributed by atoms with Crippen LogP contribution in [0.3, 0.4) is 0 Å². The minimum atomic E-state index is 0.670. The molecule has 0 rings (SSSR count). The van der Waals surface area contributed by atoms with E-state index in [0.29, 0.717) is 5.92 Å². The Labute approximate surface area is 77.4 Å². The summed E-state index contributed by atoms with van der Waals surface area (Å²) < 4.78 is 0. The summed E-state index contributed by atoms with van der Waals surface area (Å²) in [5.74, 6) is 0.670. The van der Waals surface area contributed by atoms with E-state index in [1.165, 1.54) is 38.5 Å². The number of allylic oxidation sites excluding steroid dienone is 1. The van der Waals surface area contributed by atoms with Crippen molar-refractivity contribution in [2.75, 3.05) is 0 Å². The van der Waals surface area contributed by atoms with Gasteiger partial charge in [-0.2, -0.15) is 0 Å². The number of hydrogen-bond donors (Lipinski definition) is 0. The Morgan fingerprint density at radius 3 is 2.50 bits per heavy atom. The van der Waals surface area contributed by atoms with Crippen molar-refractivity contribution < 1.29 is 0 Å². The lowest BCUT2D eigenvalue weighted by Gasteiger charge is -2.03. The summed E-state index contributed by atoms with van der Waals surface area (Å²) in [7, 11) is 0. The van der Waals surface area contributed by atoms with Crippen LogP contribution in [-0.4, -0.2) is 0 Å². The van der Waals surface area contributed by atoms with E-state index in [-0.39, 0.29) is 0 Å². The van der Waals surface area contributed by atoms with Gasteiger partial charge in [0.1, 0.15) is 0 Å². The Hall–Kier alpha value is -0.480. The van der Waals surface area contributed by atoms with Crippen molar-refractivity contribution >= 4 is 0 Å². The zero-order chi connectivity index (χ0) is 9.23. The standard InChI is InChI=1S/C12H22/c1-4-6-7-8-9-11-12(3)10-5-2/h10,12H,2,4,6-9,11H2,1,3H3. The highest BCUT2D eigenvalue weighted by Gasteiger charge is 1.95. The Bertz CT molecular complexity index is 129. The first-order valence-corrected chi connectivity index (χ1v) is 5.17. The summed E-state index contributed by atoms with van der Waals surface area (Å²) in [6.07, 6.45) is 10.3. The third kappa shape index (κ3) is 7.63. The molecule has 0 bridgehead atoms. The summed E-state index contributed by atoms with van der Waals surface area (Å²) in [5, 5.41) is 0. The van der Waals surface area contributed by atoms with Gasteiger partial charge in [-0.25, -0.2) is 0 Å². The highest BCUT2D eigenvalue weighted by atomic mass is 14.0. The summed E-state index contributed by atoms with van der Waals surface area (Å²) in [6, 6.07) is 0. The van der Waals surface area contributed by atoms with Gasteiger partial charge >= 0.3 is 0 Å². The molecule has 0 aromatic heterocycles. The topological polar surface area (TPSA) is 0 Å². The van der Waals surface area contributed by atoms with Crippen molar-refractivity contribution in [3.63, 3.8) is 0 Å². The first-order chi connectivity index (χ1) is 5.81. The monoisotopic (exact) mass is 166 g/mol. The van der Waals surface area contributed by atoms with Crippen LogP contribution < -0.4 is 0 Å². The molecule has 0 aromatic rings. The maximum Gasteiger partial charge on any atom is -0.0186 e. The lowest BCUT2D eigenvalue weighted by Crippen LogP contribution is -1.88. The predicted molar refractivity (Wildman–Crippen MR) is 56.3 cm³/mol. The van der Waals surface area contributed by atoms with Crippen LogP contribution in [-0.2, 0) is 0 Å². The van der Waals surface area contributed by atoms with Gasteiger partial charge in [0.15, 0.2) is 0 Å². The third-order valence-electron chi connectivity index (χ3n) is 2.17. The van der Waals surface area contributed by atoms with Crippen LogP contribution in [0.15, 0.2) is 18.4 Å². The summed E-state index contributed by atoms with van der Waals surface area (Å²) in [5.41, 5.74) is 2.84. The molecule has 0 heteroatoms. The summed E-state index contributed by atoms with van der Waals surface area (Å²) in [4.78, 5) is 0. The highest BCUT2D eigenvalue weighted by molar-refractivity contribution is 4.81. The average molecular weight is 166 g/mol. The fourth-order valence-electron chi connectivity index (χ4n) is 1.35. The summed E-state index contributed by atoms with van der Waals surface area (Å²) >= 11 is 0. The van der Waals surface area contributed by atoms with Crippen LogP contribution in [0, 0.1) is 5.92 Å². The normalized spacial score (nSPS) is 12.2. The molecular weight excluding hydrogens is 144 g/mol. The number of rotatable bonds is 7. The molecule has 0 N–H and O–H groups in total. The number of unbranched alkanes of at least 4 members (excludes halogenated alkanes) is 4. The molecular formula is C12H22. The molecule has 0 saturated heterocycles. The van der Waals surface area contributed by atoms with E-state index >= 15 is 0 Å². The SMILES string of the molecule is C=C=CC(C)CCCCCCC. The van der Waals surface area contributed by atoms with Crippen molar-refractivity contribution in [3.05, 3.63) is 18.4 Å². The molecule has 0 spiro atoms. The molecule has 1 unspecified atom stereocenters. The Kier molecular flexibility index (Phi) is 8.27. The quantitative estimate of drug-likeness (QED) is 0.390. The molecule has 0 heterocycles. The zero-order valence-corrected chi connectivity index (χ0v) is 8.60. The lowest BCUT2D eigenvalue weighted by atomic mass is 10.0. The van der Waals surface area contributed by atoms with Crippen LogP contribution in [0.2, 0.25) is 0 Å². The van der Waals surface area contributed by atoms with E-state index in [2.05, 4.69) is 32.2 Å². The molecule has 70 valence electrons. The molecule has 1 atom stereocenters. The van der Waals surface area contributed by atoms with E-state index in [1.807, 2.05) is 0 Å². The molecule has 0 saturated carbocycles. The van der Waals surface area contributed by atoms with Gasteiger partial charge in [0.2, 0.25) is 0 Å². The largest absolute Gasteiger partial charge is 0.133 e. The molecule has 0 nitrogen and oxygen atoms in total. The van der Waals surface area contributed by atoms with Crippen LogP contribution in [0.25, 0.3) is 0 Å². The van der Waals surface area contributed by atoms with Gasteiger partial charge in [-0.3, -0.25) is 0 Å². The predicted octanol–water partition coefficient (Wildman–Crippen LogP) is 4.32. The fourth-order valence-corrected chi connectivity index (χ4v) is 1.35. The van der Waals surface area contributed by atoms with Crippen molar-refractivity contribution in [1.82, 2.24) is 0 Å². The van der Waals surface area contributed by atoms with E-state index in [1.54, 1.807) is 0 Å². The fraction of sp³-hybridized carbons (Fsp3) is 0.750. The van der Waals surface area contributed by atoms with Gasteiger partial charge in [-0.1, -0.05) is 52.5 Å². The molecule has 0 radical (unpaired) electrons. The van der Waals surface area contributed by atoms with Crippen molar-refractivity contribution in [1.29, 1.82) is 0 Å². The second-order valence-corrected chi connectivity index (χ2v) is 3.55. The smallest absolute Gasteiger partial charge is 0.0186 e. The second-order valence-electron chi connectivity index (χ2n) is 3.55. The van der Waals surface area contributed by atoms with Gasteiger partial charge in [0.25, 0.3) is 0 Å².